The number of hydrogen-bond donors (Lipinski definition) is 2. The number of oxime groups is 1. The smallest absolute Gasteiger partial charge is 0.170 e. The highest BCUT2D eigenvalue weighted by Crippen LogP contribution is 2.42. The molecular formula is C13H16BrN3O. The lowest BCUT2D eigenvalue weighted by molar-refractivity contribution is 0.318. The van der Waals surface area contributed by atoms with Crippen LogP contribution in [-0.4, -0.2) is 23.6 Å². The molecule has 2 unspecified atom stereocenters. The maximum atomic E-state index is 8.68. The fourth-order valence-corrected chi connectivity index (χ4v) is 3.78. The highest BCUT2D eigenvalue weighted by Gasteiger charge is 2.38. The van der Waals surface area contributed by atoms with Gasteiger partial charge in [-0.05, 0) is 59.3 Å². The Morgan fingerprint density at radius 3 is 2.83 bits per heavy atom. The first-order valence-corrected chi connectivity index (χ1v) is 7.02. The van der Waals surface area contributed by atoms with E-state index in [0.717, 1.165) is 22.5 Å². The third-order valence-corrected chi connectivity index (χ3v) is 4.70. The summed E-state index contributed by atoms with van der Waals surface area (Å²) in [5.74, 6) is 1.01. The summed E-state index contributed by atoms with van der Waals surface area (Å²) < 4.78 is 1.01. The molecule has 18 heavy (non-hydrogen) atoms. The number of benzene rings is 1. The molecule has 1 saturated heterocycles. The number of hydrogen-bond acceptors (Lipinski definition) is 3. The Balaban J connectivity index is 1.90. The van der Waals surface area contributed by atoms with Crippen LogP contribution in [-0.2, 0) is 0 Å². The van der Waals surface area contributed by atoms with E-state index in [1.165, 1.54) is 24.9 Å². The summed E-state index contributed by atoms with van der Waals surface area (Å²) in [6.07, 6.45) is 4.01. The first-order chi connectivity index (χ1) is 8.69. The average molecular weight is 310 g/mol. The molecule has 3 N–H and O–H groups in total. The number of anilines is 1. The van der Waals surface area contributed by atoms with E-state index in [1.54, 1.807) is 0 Å². The molecule has 2 aliphatic rings. The van der Waals surface area contributed by atoms with Crippen LogP contribution in [0.15, 0.2) is 27.8 Å². The fraction of sp³-hybridized carbons (Fsp3) is 0.462. The van der Waals surface area contributed by atoms with Crippen molar-refractivity contribution < 1.29 is 5.21 Å². The molecule has 2 bridgehead atoms. The van der Waals surface area contributed by atoms with Crippen molar-refractivity contribution in [2.75, 3.05) is 11.4 Å². The van der Waals surface area contributed by atoms with Gasteiger partial charge in [0.05, 0.1) is 5.69 Å². The summed E-state index contributed by atoms with van der Waals surface area (Å²) in [6.45, 7) is 1.16. The SMILES string of the molecule is N/C(=N/O)c1ccc(N2CC3CCC2C3)c(Br)c1. The minimum Gasteiger partial charge on any atom is -0.409 e. The van der Waals surface area contributed by atoms with E-state index in [1.807, 2.05) is 12.1 Å². The van der Waals surface area contributed by atoms with E-state index >= 15 is 0 Å². The van der Waals surface area contributed by atoms with Crippen LogP contribution in [0.5, 0.6) is 0 Å². The van der Waals surface area contributed by atoms with Gasteiger partial charge in [-0.15, -0.1) is 0 Å². The molecule has 4 nitrogen and oxygen atoms in total. The van der Waals surface area contributed by atoms with Gasteiger partial charge < -0.3 is 15.8 Å². The van der Waals surface area contributed by atoms with E-state index in [4.69, 9.17) is 10.9 Å². The number of halogens is 1. The molecule has 0 amide bonds. The largest absolute Gasteiger partial charge is 0.409 e. The van der Waals surface area contributed by atoms with E-state index in [-0.39, 0.29) is 5.84 Å². The molecule has 1 aromatic carbocycles. The highest BCUT2D eigenvalue weighted by atomic mass is 79.9. The van der Waals surface area contributed by atoms with Gasteiger partial charge in [-0.25, -0.2) is 0 Å². The van der Waals surface area contributed by atoms with Gasteiger partial charge in [0.15, 0.2) is 5.84 Å². The third-order valence-electron chi connectivity index (χ3n) is 4.07. The predicted molar refractivity (Wildman–Crippen MR) is 75.1 cm³/mol. The third kappa shape index (κ3) is 1.86. The number of rotatable bonds is 2. The maximum absolute atomic E-state index is 8.68. The lowest BCUT2D eigenvalue weighted by atomic mass is 10.1. The van der Waals surface area contributed by atoms with Gasteiger partial charge in [-0.3, -0.25) is 0 Å². The maximum Gasteiger partial charge on any atom is 0.170 e. The monoisotopic (exact) mass is 309 g/mol. The summed E-state index contributed by atoms with van der Waals surface area (Å²) in [4.78, 5) is 2.48. The second-order valence-electron chi connectivity index (χ2n) is 5.14. The van der Waals surface area contributed by atoms with Gasteiger partial charge in [-0.1, -0.05) is 5.16 Å². The molecule has 1 heterocycles. The van der Waals surface area contributed by atoms with Crippen molar-refractivity contribution in [2.24, 2.45) is 16.8 Å². The fourth-order valence-electron chi connectivity index (χ4n) is 3.18. The van der Waals surface area contributed by atoms with Crippen molar-refractivity contribution in [1.82, 2.24) is 0 Å². The average Bonchev–Trinajstić information content (AvgIpc) is 3.00. The number of nitrogens with two attached hydrogens (primary N) is 1. The Bertz CT molecular complexity index is 503. The van der Waals surface area contributed by atoms with Crippen molar-refractivity contribution in [3.05, 3.63) is 28.2 Å². The van der Waals surface area contributed by atoms with Gasteiger partial charge in [-0.2, -0.15) is 0 Å². The number of fused-ring (bicyclic) bond motifs is 2. The molecule has 0 spiro atoms. The van der Waals surface area contributed by atoms with Crippen molar-refractivity contribution in [3.63, 3.8) is 0 Å². The predicted octanol–water partition coefficient (Wildman–Crippen LogP) is 2.53. The lowest BCUT2D eigenvalue weighted by Gasteiger charge is -2.30. The van der Waals surface area contributed by atoms with E-state index in [0.29, 0.717) is 6.04 Å². The van der Waals surface area contributed by atoms with Crippen LogP contribution in [0.3, 0.4) is 0 Å². The van der Waals surface area contributed by atoms with Crippen molar-refractivity contribution >= 4 is 27.5 Å². The Morgan fingerprint density at radius 2 is 2.28 bits per heavy atom. The Labute approximate surface area is 115 Å². The topological polar surface area (TPSA) is 61.9 Å². The molecule has 96 valence electrons. The van der Waals surface area contributed by atoms with Gasteiger partial charge in [0, 0.05) is 22.6 Å². The summed E-state index contributed by atoms with van der Waals surface area (Å²) in [5, 5.41) is 11.7. The van der Waals surface area contributed by atoms with Gasteiger partial charge in [0.2, 0.25) is 0 Å². The van der Waals surface area contributed by atoms with Crippen LogP contribution in [0, 0.1) is 5.92 Å². The first-order valence-electron chi connectivity index (χ1n) is 6.23. The molecular weight excluding hydrogens is 294 g/mol. The van der Waals surface area contributed by atoms with Crippen LogP contribution < -0.4 is 10.6 Å². The highest BCUT2D eigenvalue weighted by molar-refractivity contribution is 9.10. The van der Waals surface area contributed by atoms with E-state index < -0.39 is 0 Å². The van der Waals surface area contributed by atoms with Crippen LogP contribution in [0.25, 0.3) is 0 Å². The zero-order chi connectivity index (χ0) is 12.7. The van der Waals surface area contributed by atoms with E-state index in [2.05, 4.69) is 32.1 Å². The van der Waals surface area contributed by atoms with Crippen LogP contribution >= 0.6 is 15.9 Å². The van der Waals surface area contributed by atoms with Crippen LogP contribution in [0.4, 0.5) is 5.69 Å². The van der Waals surface area contributed by atoms with Gasteiger partial charge in [0.25, 0.3) is 0 Å². The number of piperidine rings is 1. The molecule has 1 aromatic rings. The molecule has 2 atom stereocenters. The molecule has 5 heteroatoms. The molecule has 1 saturated carbocycles. The molecule has 0 aromatic heterocycles. The molecule has 1 aliphatic carbocycles. The standard InChI is InChI=1S/C13H16BrN3O/c14-11-6-9(13(15)16-18)2-4-12(11)17-7-8-1-3-10(17)5-8/h2,4,6,8,10,18H,1,3,5,7H2,(H2,15,16). The second kappa shape index (κ2) is 4.46. The van der Waals surface area contributed by atoms with Gasteiger partial charge in [0.1, 0.15) is 0 Å². The zero-order valence-electron chi connectivity index (χ0n) is 10.0. The summed E-state index contributed by atoms with van der Waals surface area (Å²) in [7, 11) is 0. The quantitative estimate of drug-likeness (QED) is 0.382. The minimum atomic E-state index is 0.144. The summed E-state index contributed by atoms with van der Waals surface area (Å²) >= 11 is 3.59. The lowest BCUT2D eigenvalue weighted by Crippen LogP contribution is -2.32. The number of nitrogens with zero attached hydrogens (tertiary/aromatic N) is 2. The Hall–Kier alpha value is -1.23. The summed E-state index contributed by atoms with van der Waals surface area (Å²) in [5.41, 5.74) is 7.55. The molecule has 1 aliphatic heterocycles. The van der Waals surface area contributed by atoms with E-state index in [9.17, 15) is 0 Å². The molecule has 3 rings (SSSR count). The normalized spacial score (nSPS) is 26.9. The molecule has 0 radical (unpaired) electrons. The Morgan fingerprint density at radius 1 is 1.44 bits per heavy atom. The van der Waals surface area contributed by atoms with Crippen molar-refractivity contribution in [3.8, 4) is 0 Å². The van der Waals surface area contributed by atoms with Gasteiger partial charge >= 0.3 is 0 Å². The molecule has 2 fully saturated rings. The first kappa shape index (κ1) is 11.8. The Kier molecular flexibility index (Phi) is 2.93. The van der Waals surface area contributed by atoms with Crippen LogP contribution in [0.1, 0.15) is 24.8 Å². The van der Waals surface area contributed by atoms with Crippen LogP contribution in [0.2, 0.25) is 0 Å². The zero-order valence-corrected chi connectivity index (χ0v) is 11.6. The number of amidine groups is 1. The second-order valence-corrected chi connectivity index (χ2v) is 5.99. The summed E-state index contributed by atoms with van der Waals surface area (Å²) in [6, 6.07) is 6.57. The minimum absolute atomic E-state index is 0.144. The van der Waals surface area contributed by atoms with Crippen molar-refractivity contribution in [1.29, 1.82) is 0 Å². The van der Waals surface area contributed by atoms with Crippen molar-refractivity contribution in [2.45, 2.75) is 25.3 Å².